The van der Waals surface area contributed by atoms with E-state index in [-0.39, 0.29) is 11.6 Å². The summed E-state index contributed by atoms with van der Waals surface area (Å²) in [6.07, 6.45) is 2.19. The van der Waals surface area contributed by atoms with Crippen molar-refractivity contribution in [1.29, 1.82) is 0 Å². The van der Waals surface area contributed by atoms with Crippen molar-refractivity contribution < 1.29 is 5.11 Å². The van der Waals surface area contributed by atoms with Gasteiger partial charge in [0.1, 0.15) is 0 Å². The molecule has 1 fully saturated rings. The second-order valence-electron chi connectivity index (χ2n) is 4.81. The molecule has 94 valence electrons. The van der Waals surface area contributed by atoms with Crippen LogP contribution in [-0.4, -0.2) is 21.0 Å². The smallest absolute Gasteiger partial charge is 0.267 e. The molecule has 1 aliphatic rings. The number of hydrogen-bond acceptors (Lipinski definition) is 2. The molecular weight excluding hydrogens is 228 g/mol. The molecule has 2 unspecified atom stereocenters. The van der Waals surface area contributed by atoms with Crippen LogP contribution in [0.1, 0.15) is 25.3 Å². The maximum Gasteiger partial charge on any atom is 0.267 e. The summed E-state index contributed by atoms with van der Waals surface area (Å²) in [6.45, 7) is 0. The molecule has 4 nitrogen and oxygen atoms in total. The average molecular weight is 244 g/mol. The molecule has 4 heteroatoms. The molecule has 0 aliphatic heterocycles. The lowest BCUT2D eigenvalue weighted by atomic mass is 10.2. The van der Waals surface area contributed by atoms with Gasteiger partial charge in [-0.2, -0.15) is 0 Å². The number of nitrogens with one attached hydrogen (secondary N) is 1. The standard InChI is InChI=1S/C14H16N2O2/c17-13-8-4-7-12(13)16-14(18)9-11(15-16)10-5-2-1-3-6-10/h1-3,5-6,9,12-13,15,17H,4,7-8H2. The first-order valence-electron chi connectivity index (χ1n) is 6.31. The van der Waals surface area contributed by atoms with Crippen LogP contribution in [-0.2, 0) is 0 Å². The molecule has 0 saturated heterocycles. The van der Waals surface area contributed by atoms with E-state index in [1.807, 2.05) is 30.3 Å². The highest BCUT2D eigenvalue weighted by Gasteiger charge is 2.28. The first kappa shape index (κ1) is 11.3. The fraction of sp³-hybridized carbons (Fsp3) is 0.357. The van der Waals surface area contributed by atoms with E-state index in [1.54, 1.807) is 10.7 Å². The van der Waals surface area contributed by atoms with Gasteiger partial charge in [0.2, 0.25) is 0 Å². The fourth-order valence-corrected chi connectivity index (χ4v) is 2.64. The van der Waals surface area contributed by atoms with Gasteiger partial charge in [-0.15, -0.1) is 0 Å². The molecular formula is C14H16N2O2. The third kappa shape index (κ3) is 1.88. The molecule has 1 saturated carbocycles. The molecule has 0 spiro atoms. The van der Waals surface area contributed by atoms with E-state index >= 15 is 0 Å². The van der Waals surface area contributed by atoms with E-state index in [4.69, 9.17) is 0 Å². The first-order chi connectivity index (χ1) is 8.75. The number of H-pyrrole nitrogens is 1. The summed E-state index contributed by atoms with van der Waals surface area (Å²) in [5.74, 6) is 0. The van der Waals surface area contributed by atoms with Crippen molar-refractivity contribution in [2.24, 2.45) is 0 Å². The molecule has 18 heavy (non-hydrogen) atoms. The third-order valence-electron chi connectivity index (χ3n) is 3.61. The van der Waals surface area contributed by atoms with E-state index in [9.17, 15) is 9.90 Å². The first-order valence-corrected chi connectivity index (χ1v) is 6.31. The Labute approximate surface area is 105 Å². The lowest BCUT2D eigenvalue weighted by Crippen LogP contribution is -2.27. The van der Waals surface area contributed by atoms with Crippen LogP contribution in [0, 0.1) is 0 Å². The summed E-state index contributed by atoms with van der Waals surface area (Å²) < 4.78 is 1.57. The van der Waals surface area contributed by atoms with Gasteiger partial charge in [-0.1, -0.05) is 30.3 Å². The summed E-state index contributed by atoms with van der Waals surface area (Å²) in [6, 6.07) is 11.2. The predicted molar refractivity (Wildman–Crippen MR) is 69.4 cm³/mol. The number of nitrogens with zero attached hydrogens (tertiary/aromatic N) is 1. The molecule has 1 aromatic carbocycles. The Hall–Kier alpha value is -1.81. The molecule has 2 N–H and O–H groups in total. The second kappa shape index (κ2) is 4.46. The number of aliphatic hydroxyl groups is 1. The van der Waals surface area contributed by atoms with Gasteiger partial charge in [0.25, 0.3) is 5.56 Å². The molecule has 0 radical (unpaired) electrons. The van der Waals surface area contributed by atoms with Crippen LogP contribution in [0.5, 0.6) is 0 Å². The Morgan fingerprint density at radius 2 is 2.00 bits per heavy atom. The van der Waals surface area contributed by atoms with Crippen molar-refractivity contribution in [3.05, 3.63) is 46.8 Å². The van der Waals surface area contributed by atoms with E-state index in [2.05, 4.69) is 5.10 Å². The van der Waals surface area contributed by atoms with E-state index in [0.29, 0.717) is 0 Å². The lowest BCUT2D eigenvalue weighted by Gasteiger charge is -2.14. The molecule has 2 atom stereocenters. The van der Waals surface area contributed by atoms with Crippen molar-refractivity contribution in [2.75, 3.05) is 0 Å². The predicted octanol–water partition coefficient (Wildman–Crippen LogP) is 1.93. The Morgan fingerprint density at radius 3 is 2.67 bits per heavy atom. The number of benzene rings is 1. The monoisotopic (exact) mass is 244 g/mol. The van der Waals surface area contributed by atoms with Crippen LogP contribution >= 0.6 is 0 Å². The molecule has 0 bridgehead atoms. The van der Waals surface area contributed by atoms with Crippen LogP contribution in [0.4, 0.5) is 0 Å². The number of aromatic amines is 1. The van der Waals surface area contributed by atoms with Crippen LogP contribution in [0.15, 0.2) is 41.2 Å². The lowest BCUT2D eigenvalue weighted by molar-refractivity contribution is 0.128. The second-order valence-corrected chi connectivity index (χ2v) is 4.81. The fourth-order valence-electron chi connectivity index (χ4n) is 2.64. The third-order valence-corrected chi connectivity index (χ3v) is 3.61. The van der Waals surface area contributed by atoms with Gasteiger partial charge >= 0.3 is 0 Å². The maximum atomic E-state index is 12.0. The Morgan fingerprint density at radius 1 is 1.22 bits per heavy atom. The highest BCUT2D eigenvalue weighted by Crippen LogP contribution is 2.29. The summed E-state index contributed by atoms with van der Waals surface area (Å²) in [5.41, 5.74) is 1.72. The number of hydrogen-bond donors (Lipinski definition) is 2. The van der Waals surface area contributed by atoms with Crippen molar-refractivity contribution in [3.63, 3.8) is 0 Å². The molecule has 2 aromatic rings. The van der Waals surface area contributed by atoms with Gasteiger partial charge in [-0.05, 0) is 24.8 Å². The van der Waals surface area contributed by atoms with Crippen molar-refractivity contribution in [2.45, 2.75) is 31.4 Å². The highest BCUT2D eigenvalue weighted by molar-refractivity contribution is 5.58. The minimum atomic E-state index is -0.412. The summed E-state index contributed by atoms with van der Waals surface area (Å²) >= 11 is 0. The van der Waals surface area contributed by atoms with Gasteiger partial charge in [0.15, 0.2) is 0 Å². The van der Waals surface area contributed by atoms with Gasteiger partial charge in [0.05, 0.1) is 17.8 Å². The summed E-state index contributed by atoms with van der Waals surface area (Å²) in [5, 5.41) is 13.0. The minimum absolute atomic E-state index is 0.0696. The van der Waals surface area contributed by atoms with Crippen molar-refractivity contribution >= 4 is 0 Å². The highest BCUT2D eigenvalue weighted by atomic mass is 16.3. The quantitative estimate of drug-likeness (QED) is 0.848. The number of rotatable bonds is 2. The Bertz CT molecular complexity index is 585. The van der Waals surface area contributed by atoms with Crippen LogP contribution in [0.2, 0.25) is 0 Å². The maximum absolute atomic E-state index is 12.0. The summed E-state index contributed by atoms with van der Waals surface area (Å²) in [4.78, 5) is 12.0. The molecule has 1 heterocycles. The number of aliphatic hydroxyl groups excluding tert-OH is 1. The topological polar surface area (TPSA) is 58.0 Å². The molecule has 1 aromatic heterocycles. The van der Waals surface area contributed by atoms with Crippen molar-refractivity contribution in [3.8, 4) is 11.3 Å². The van der Waals surface area contributed by atoms with Crippen LogP contribution < -0.4 is 5.56 Å². The van der Waals surface area contributed by atoms with Gasteiger partial charge < -0.3 is 5.11 Å². The molecule has 3 rings (SSSR count). The van der Waals surface area contributed by atoms with Gasteiger partial charge in [0, 0.05) is 6.07 Å². The van der Waals surface area contributed by atoms with E-state index in [1.165, 1.54) is 0 Å². The largest absolute Gasteiger partial charge is 0.391 e. The van der Waals surface area contributed by atoms with Gasteiger partial charge in [-0.3, -0.25) is 9.89 Å². The summed E-state index contributed by atoms with van der Waals surface area (Å²) in [7, 11) is 0. The average Bonchev–Trinajstić information content (AvgIpc) is 2.96. The molecule has 1 aliphatic carbocycles. The zero-order valence-electron chi connectivity index (χ0n) is 10.0. The molecule has 0 amide bonds. The Balaban J connectivity index is 1.99. The van der Waals surface area contributed by atoms with Gasteiger partial charge in [-0.25, -0.2) is 4.68 Å². The van der Waals surface area contributed by atoms with Crippen LogP contribution in [0.25, 0.3) is 11.3 Å². The zero-order chi connectivity index (χ0) is 12.5. The van der Waals surface area contributed by atoms with Crippen LogP contribution in [0.3, 0.4) is 0 Å². The van der Waals surface area contributed by atoms with E-state index < -0.39 is 6.10 Å². The number of aromatic nitrogens is 2. The Kier molecular flexibility index (Phi) is 2.80. The van der Waals surface area contributed by atoms with Crippen molar-refractivity contribution in [1.82, 2.24) is 9.78 Å². The zero-order valence-corrected chi connectivity index (χ0v) is 10.0. The minimum Gasteiger partial charge on any atom is -0.391 e. The SMILES string of the molecule is O=c1cc(-c2ccccc2)[nH]n1C1CCCC1O. The normalized spacial score (nSPS) is 23.4. The van der Waals surface area contributed by atoms with E-state index in [0.717, 1.165) is 30.5 Å².